The van der Waals surface area contributed by atoms with Crippen molar-refractivity contribution in [1.82, 2.24) is 4.90 Å². The van der Waals surface area contributed by atoms with E-state index in [1.807, 2.05) is 60.7 Å². The minimum absolute atomic E-state index is 0.126. The van der Waals surface area contributed by atoms with Gasteiger partial charge < -0.3 is 15.5 Å². The van der Waals surface area contributed by atoms with Gasteiger partial charge in [0.25, 0.3) is 5.91 Å². The molecule has 0 saturated carbocycles. The third-order valence-electron chi connectivity index (χ3n) is 3.29. The van der Waals surface area contributed by atoms with Gasteiger partial charge in [0.15, 0.2) is 6.61 Å². The quantitative estimate of drug-likeness (QED) is 0.484. The zero-order valence-electron chi connectivity index (χ0n) is 13.2. The molecule has 0 aromatic heterocycles. The van der Waals surface area contributed by atoms with Crippen molar-refractivity contribution in [2.75, 3.05) is 13.7 Å². The molecule has 0 bridgehead atoms. The number of carbonyl (C=O) groups excluding carboxylic acids is 1. The number of nitrogens with two attached hydrogens (primary N) is 1. The zero-order chi connectivity index (χ0) is 16.5. The number of carbonyl (C=O) groups is 1. The Morgan fingerprint density at radius 2 is 1.61 bits per heavy atom. The van der Waals surface area contributed by atoms with Gasteiger partial charge in [-0.25, -0.2) is 0 Å². The Hall–Kier alpha value is -2.82. The third-order valence-corrected chi connectivity index (χ3v) is 3.29. The molecule has 0 saturated heterocycles. The summed E-state index contributed by atoms with van der Waals surface area (Å²) in [6.07, 6.45) is 0.495. The first-order chi connectivity index (χ1) is 11.1. The molecule has 2 rings (SSSR count). The fourth-order valence-electron chi connectivity index (χ4n) is 2.06. The van der Waals surface area contributed by atoms with Gasteiger partial charge in [-0.3, -0.25) is 4.79 Å². The van der Waals surface area contributed by atoms with Crippen LogP contribution in [0.25, 0.3) is 0 Å². The van der Waals surface area contributed by atoms with Crippen LogP contribution in [0.1, 0.15) is 11.1 Å². The highest BCUT2D eigenvalue weighted by molar-refractivity contribution is 5.82. The molecule has 0 aliphatic heterocycles. The summed E-state index contributed by atoms with van der Waals surface area (Å²) >= 11 is 0. The lowest BCUT2D eigenvalue weighted by Gasteiger charge is -2.16. The Morgan fingerprint density at radius 3 is 2.22 bits per heavy atom. The summed E-state index contributed by atoms with van der Waals surface area (Å²) in [4.78, 5) is 18.6. The molecule has 0 radical (unpaired) electrons. The highest BCUT2D eigenvalue weighted by Gasteiger charge is 2.09. The summed E-state index contributed by atoms with van der Waals surface area (Å²) < 4.78 is 0. The second kappa shape index (κ2) is 8.58. The SMILES string of the molecule is CN(Cc1ccccc1)C(=O)CO/N=C(/N)Cc1ccccc1. The average molecular weight is 311 g/mol. The fraction of sp³-hybridized carbons (Fsp3) is 0.222. The first kappa shape index (κ1) is 16.5. The van der Waals surface area contributed by atoms with E-state index in [9.17, 15) is 4.79 Å². The van der Waals surface area contributed by atoms with Crippen LogP contribution in [0.4, 0.5) is 0 Å². The molecule has 0 spiro atoms. The van der Waals surface area contributed by atoms with Gasteiger partial charge in [0.05, 0.1) is 0 Å². The molecule has 2 aromatic carbocycles. The van der Waals surface area contributed by atoms with Crippen molar-refractivity contribution in [3.8, 4) is 0 Å². The Balaban J connectivity index is 1.76. The van der Waals surface area contributed by atoms with Gasteiger partial charge in [-0.15, -0.1) is 0 Å². The summed E-state index contributed by atoms with van der Waals surface area (Å²) in [5, 5.41) is 3.80. The number of benzene rings is 2. The van der Waals surface area contributed by atoms with E-state index in [-0.39, 0.29) is 12.5 Å². The predicted octanol–water partition coefficient (Wildman–Crippen LogP) is 2.18. The number of hydrogen-bond acceptors (Lipinski definition) is 3. The molecule has 0 aliphatic carbocycles. The second-order valence-electron chi connectivity index (χ2n) is 5.25. The van der Waals surface area contributed by atoms with Crippen LogP contribution in [0, 0.1) is 0 Å². The topological polar surface area (TPSA) is 67.9 Å². The fourth-order valence-corrected chi connectivity index (χ4v) is 2.06. The van der Waals surface area contributed by atoms with E-state index in [4.69, 9.17) is 10.6 Å². The number of nitrogens with zero attached hydrogens (tertiary/aromatic N) is 2. The Kier molecular flexibility index (Phi) is 6.17. The molecule has 23 heavy (non-hydrogen) atoms. The normalized spacial score (nSPS) is 11.1. The third kappa shape index (κ3) is 5.82. The Bertz CT molecular complexity index is 642. The molecule has 2 N–H and O–H groups in total. The molecule has 5 nitrogen and oxygen atoms in total. The van der Waals surface area contributed by atoms with Crippen molar-refractivity contribution >= 4 is 11.7 Å². The maximum absolute atomic E-state index is 12.0. The van der Waals surface area contributed by atoms with Crippen LogP contribution in [0.3, 0.4) is 0 Å². The van der Waals surface area contributed by atoms with Crippen LogP contribution in [-0.4, -0.2) is 30.3 Å². The van der Waals surface area contributed by atoms with Crippen LogP contribution < -0.4 is 5.73 Å². The number of amides is 1. The lowest BCUT2D eigenvalue weighted by Crippen LogP contribution is -2.29. The van der Waals surface area contributed by atoms with Gasteiger partial charge in [0.2, 0.25) is 0 Å². The number of amidine groups is 1. The van der Waals surface area contributed by atoms with Crippen LogP contribution >= 0.6 is 0 Å². The highest BCUT2D eigenvalue weighted by Crippen LogP contribution is 2.03. The summed E-state index contributed by atoms with van der Waals surface area (Å²) in [7, 11) is 1.73. The maximum Gasteiger partial charge on any atom is 0.263 e. The largest absolute Gasteiger partial charge is 0.384 e. The van der Waals surface area contributed by atoms with E-state index in [0.29, 0.717) is 18.8 Å². The van der Waals surface area contributed by atoms with Gasteiger partial charge in [-0.1, -0.05) is 65.8 Å². The molecular weight excluding hydrogens is 290 g/mol. The van der Waals surface area contributed by atoms with Crippen LogP contribution in [-0.2, 0) is 22.6 Å². The molecule has 0 unspecified atom stereocenters. The van der Waals surface area contributed by atoms with Crippen molar-refractivity contribution in [2.45, 2.75) is 13.0 Å². The first-order valence-electron chi connectivity index (χ1n) is 7.41. The second-order valence-corrected chi connectivity index (χ2v) is 5.25. The number of likely N-dealkylation sites (N-methyl/N-ethyl adjacent to an activating group) is 1. The zero-order valence-corrected chi connectivity index (χ0v) is 13.2. The van der Waals surface area contributed by atoms with Crippen molar-refractivity contribution in [3.63, 3.8) is 0 Å². The van der Waals surface area contributed by atoms with Crippen molar-refractivity contribution in [3.05, 3.63) is 71.8 Å². The Morgan fingerprint density at radius 1 is 1.04 bits per heavy atom. The number of rotatable bonds is 7. The van der Waals surface area contributed by atoms with Crippen LogP contribution in [0.15, 0.2) is 65.8 Å². The van der Waals surface area contributed by atoms with Gasteiger partial charge in [-0.2, -0.15) is 0 Å². The first-order valence-corrected chi connectivity index (χ1v) is 7.41. The minimum Gasteiger partial charge on any atom is -0.384 e. The molecule has 0 heterocycles. The minimum atomic E-state index is -0.148. The van der Waals surface area contributed by atoms with Crippen molar-refractivity contribution in [2.24, 2.45) is 10.9 Å². The molecular formula is C18H21N3O2. The monoisotopic (exact) mass is 311 g/mol. The van der Waals surface area contributed by atoms with Gasteiger partial charge in [0, 0.05) is 20.0 Å². The van der Waals surface area contributed by atoms with E-state index in [1.165, 1.54) is 0 Å². The van der Waals surface area contributed by atoms with E-state index < -0.39 is 0 Å². The van der Waals surface area contributed by atoms with Crippen LogP contribution in [0.2, 0.25) is 0 Å². The molecule has 0 aliphatic rings. The lowest BCUT2D eigenvalue weighted by molar-refractivity contribution is -0.135. The van der Waals surface area contributed by atoms with Gasteiger partial charge in [0.1, 0.15) is 5.84 Å². The van der Waals surface area contributed by atoms with Crippen LogP contribution in [0.5, 0.6) is 0 Å². The van der Waals surface area contributed by atoms with E-state index in [2.05, 4.69) is 5.16 Å². The molecule has 0 fully saturated rings. The summed E-state index contributed by atoms with van der Waals surface area (Å²) in [6.45, 7) is 0.408. The summed E-state index contributed by atoms with van der Waals surface area (Å²) in [6, 6.07) is 19.5. The number of hydrogen-bond donors (Lipinski definition) is 1. The number of oxime groups is 1. The summed E-state index contributed by atoms with van der Waals surface area (Å²) in [5.74, 6) is 0.194. The van der Waals surface area contributed by atoms with E-state index in [0.717, 1.165) is 11.1 Å². The standard InChI is InChI=1S/C18H21N3O2/c1-21(13-16-10-6-3-7-11-16)18(22)14-23-20-17(19)12-15-8-4-2-5-9-15/h2-11H,12-14H2,1H3,(H2,19,20). The molecule has 2 aromatic rings. The predicted molar refractivity (Wildman–Crippen MR) is 90.6 cm³/mol. The van der Waals surface area contributed by atoms with E-state index >= 15 is 0 Å². The maximum atomic E-state index is 12.0. The van der Waals surface area contributed by atoms with Crippen molar-refractivity contribution in [1.29, 1.82) is 0 Å². The Labute approximate surface area is 136 Å². The summed E-state index contributed by atoms with van der Waals surface area (Å²) in [5.41, 5.74) is 7.90. The average Bonchev–Trinajstić information content (AvgIpc) is 2.56. The molecule has 5 heteroatoms. The van der Waals surface area contributed by atoms with E-state index in [1.54, 1.807) is 11.9 Å². The van der Waals surface area contributed by atoms with Gasteiger partial charge >= 0.3 is 0 Å². The smallest absolute Gasteiger partial charge is 0.263 e. The highest BCUT2D eigenvalue weighted by atomic mass is 16.6. The molecule has 120 valence electrons. The molecule has 0 atom stereocenters. The molecule has 1 amide bonds. The lowest BCUT2D eigenvalue weighted by atomic mass is 10.1. The van der Waals surface area contributed by atoms with Gasteiger partial charge in [-0.05, 0) is 11.1 Å². The van der Waals surface area contributed by atoms with Crippen molar-refractivity contribution < 1.29 is 9.63 Å².